The predicted octanol–water partition coefficient (Wildman–Crippen LogP) is 0.549. The zero-order valence-corrected chi connectivity index (χ0v) is 8.99. The molecule has 1 unspecified atom stereocenters. The van der Waals surface area contributed by atoms with E-state index in [1.165, 1.54) is 12.8 Å². The minimum Gasteiger partial charge on any atom is -0.380 e. The first-order valence-electron chi connectivity index (χ1n) is 5.39. The molecule has 0 spiro atoms. The van der Waals surface area contributed by atoms with Gasteiger partial charge >= 0.3 is 0 Å². The molecule has 2 N–H and O–H groups in total. The van der Waals surface area contributed by atoms with Crippen LogP contribution in [0.25, 0.3) is 0 Å². The molecule has 1 aromatic heterocycles. The van der Waals surface area contributed by atoms with Gasteiger partial charge in [-0.2, -0.15) is 0 Å². The lowest BCUT2D eigenvalue weighted by atomic mass is 10.1. The van der Waals surface area contributed by atoms with E-state index in [4.69, 9.17) is 0 Å². The quantitative estimate of drug-likeness (QED) is 0.744. The molecule has 0 radical (unpaired) electrons. The molecular formula is C11H17N3O. The number of anilines is 1. The van der Waals surface area contributed by atoms with Crippen molar-refractivity contribution in [2.75, 3.05) is 18.4 Å². The highest BCUT2D eigenvalue weighted by atomic mass is 16.1. The Balaban J connectivity index is 2.03. The second-order valence-corrected chi connectivity index (χ2v) is 4.05. The van der Waals surface area contributed by atoms with E-state index in [1.54, 1.807) is 17.7 Å². The normalized spacial score (nSPS) is 21.3. The number of rotatable bonds is 2. The molecule has 4 nitrogen and oxygen atoms in total. The van der Waals surface area contributed by atoms with E-state index in [1.807, 2.05) is 12.3 Å². The van der Waals surface area contributed by atoms with Crippen LogP contribution in [0, 0.1) is 0 Å². The van der Waals surface area contributed by atoms with Crippen molar-refractivity contribution in [2.24, 2.45) is 7.05 Å². The molecule has 0 aliphatic carbocycles. The summed E-state index contributed by atoms with van der Waals surface area (Å²) in [5, 5.41) is 6.78. The predicted molar refractivity (Wildman–Crippen MR) is 61.2 cm³/mol. The SMILES string of the molecule is Cn1cc(NC2CCCNC2)ccc1=O. The fraction of sp³-hybridized carbons (Fsp3) is 0.545. The van der Waals surface area contributed by atoms with Gasteiger partial charge in [0.05, 0.1) is 5.69 Å². The van der Waals surface area contributed by atoms with Crippen molar-refractivity contribution >= 4 is 5.69 Å². The molecule has 82 valence electrons. The van der Waals surface area contributed by atoms with Gasteiger partial charge in [0.1, 0.15) is 0 Å². The number of pyridine rings is 1. The highest BCUT2D eigenvalue weighted by Gasteiger charge is 2.12. The molecule has 0 amide bonds. The van der Waals surface area contributed by atoms with Crippen molar-refractivity contribution in [1.82, 2.24) is 9.88 Å². The zero-order chi connectivity index (χ0) is 10.7. The van der Waals surface area contributed by atoms with Crippen molar-refractivity contribution < 1.29 is 0 Å². The third-order valence-corrected chi connectivity index (χ3v) is 2.75. The first-order valence-corrected chi connectivity index (χ1v) is 5.39. The van der Waals surface area contributed by atoms with E-state index in [0.717, 1.165) is 18.8 Å². The number of piperidine rings is 1. The fourth-order valence-electron chi connectivity index (χ4n) is 1.89. The Labute approximate surface area is 89.3 Å². The lowest BCUT2D eigenvalue weighted by Gasteiger charge is -2.24. The maximum absolute atomic E-state index is 11.2. The maximum Gasteiger partial charge on any atom is 0.250 e. The zero-order valence-electron chi connectivity index (χ0n) is 8.99. The lowest BCUT2D eigenvalue weighted by Crippen LogP contribution is -2.38. The molecule has 15 heavy (non-hydrogen) atoms. The van der Waals surface area contributed by atoms with Crippen molar-refractivity contribution in [2.45, 2.75) is 18.9 Å². The molecule has 1 aliphatic rings. The van der Waals surface area contributed by atoms with Crippen LogP contribution in [0.4, 0.5) is 5.69 Å². The summed E-state index contributed by atoms with van der Waals surface area (Å²) < 4.78 is 1.60. The first-order chi connectivity index (χ1) is 7.25. The van der Waals surface area contributed by atoms with Gasteiger partial charge in [0.15, 0.2) is 0 Å². The number of aryl methyl sites for hydroxylation is 1. The standard InChI is InChI=1S/C11H17N3O/c1-14-8-10(4-5-11(14)15)13-9-3-2-6-12-7-9/h4-5,8-9,12-13H,2-3,6-7H2,1H3. The highest BCUT2D eigenvalue weighted by molar-refractivity contribution is 5.41. The minimum absolute atomic E-state index is 0.0299. The van der Waals surface area contributed by atoms with E-state index in [9.17, 15) is 4.79 Å². The van der Waals surface area contributed by atoms with Gasteiger partial charge in [0.2, 0.25) is 5.56 Å². The number of hydrogen-bond acceptors (Lipinski definition) is 3. The van der Waals surface area contributed by atoms with E-state index >= 15 is 0 Å². The molecule has 2 heterocycles. The van der Waals surface area contributed by atoms with Crippen LogP contribution in [-0.4, -0.2) is 23.7 Å². The van der Waals surface area contributed by atoms with Gasteiger partial charge in [-0.05, 0) is 25.5 Å². The lowest BCUT2D eigenvalue weighted by molar-refractivity contribution is 0.479. The average molecular weight is 207 g/mol. The summed E-state index contributed by atoms with van der Waals surface area (Å²) in [5.41, 5.74) is 1.05. The van der Waals surface area contributed by atoms with Crippen LogP contribution in [0.2, 0.25) is 0 Å². The van der Waals surface area contributed by atoms with Gasteiger partial charge in [0, 0.05) is 31.9 Å². The Kier molecular flexibility index (Phi) is 3.06. The Bertz CT molecular complexity index is 380. The average Bonchev–Trinajstić information content (AvgIpc) is 2.25. The summed E-state index contributed by atoms with van der Waals surface area (Å²) in [6.45, 7) is 2.12. The summed E-state index contributed by atoms with van der Waals surface area (Å²) >= 11 is 0. The van der Waals surface area contributed by atoms with Gasteiger partial charge in [-0.25, -0.2) is 0 Å². The third-order valence-electron chi connectivity index (χ3n) is 2.75. The highest BCUT2D eigenvalue weighted by Crippen LogP contribution is 2.10. The smallest absolute Gasteiger partial charge is 0.250 e. The van der Waals surface area contributed by atoms with E-state index in [-0.39, 0.29) is 5.56 Å². The van der Waals surface area contributed by atoms with Crippen molar-refractivity contribution in [1.29, 1.82) is 0 Å². The van der Waals surface area contributed by atoms with Crippen molar-refractivity contribution in [3.63, 3.8) is 0 Å². The van der Waals surface area contributed by atoms with Crippen LogP contribution in [-0.2, 0) is 7.05 Å². The molecular weight excluding hydrogens is 190 g/mol. The Hall–Kier alpha value is -1.29. The van der Waals surface area contributed by atoms with E-state index < -0.39 is 0 Å². The summed E-state index contributed by atoms with van der Waals surface area (Å²) in [4.78, 5) is 11.2. The van der Waals surface area contributed by atoms with Gasteiger partial charge in [0.25, 0.3) is 0 Å². The molecule has 4 heteroatoms. The molecule has 0 saturated carbocycles. The van der Waals surface area contributed by atoms with Crippen LogP contribution in [0.3, 0.4) is 0 Å². The molecule has 0 bridgehead atoms. The minimum atomic E-state index is 0.0299. The topological polar surface area (TPSA) is 46.1 Å². The monoisotopic (exact) mass is 207 g/mol. The first kappa shape index (κ1) is 10.2. The van der Waals surface area contributed by atoms with Crippen LogP contribution < -0.4 is 16.2 Å². The molecule has 0 aromatic carbocycles. The number of nitrogens with zero attached hydrogens (tertiary/aromatic N) is 1. The van der Waals surface area contributed by atoms with Crippen LogP contribution >= 0.6 is 0 Å². The summed E-state index contributed by atoms with van der Waals surface area (Å²) in [7, 11) is 1.77. The second kappa shape index (κ2) is 4.49. The molecule has 1 aromatic rings. The van der Waals surface area contributed by atoms with Crippen molar-refractivity contribution in [3.05, 3.63) is 28.7 Å². The Morgan fingerprint density at radius 1 is 1.53 bits per heavy atom. The molecule has 1 aliphatic heterocycles. The molecule has 2 rings (SSSR count). The maximum atomic E-state index is 11.2. The second-order valence-electron chi connectivity index (χ2n) is 4.05. The molecule has 1 fully saturated rings. The van der Waals surface area contributed by atoms with Crippen LogP contribution in [0.1, 0.15) is 12.8 Å². The fourth-order valence-corrected chi connectivity index (χ4v) is 1.89. The van der Waals surface area contributed by atoms with E-state index in [0.29, 0.717) is 6.04 Å². The number of hydrogen-bond donors (Lipinski definition) is 2. The Morgan fingerprint density at radius 2 is 2.40 bits per heavy atom. The van der Waals surface area contributed by atoms with E-state index in [2.05, 4.69) is 10.6 Å². The van der Waals surface area contributed by atoms with Gasteiger partial charge < -0.3 is 15.2 Å². The van der Waals surface area contributed by atoms with Gasteiger partial charge in [-0.3, -0.25) is 4.79 Å². The summed E-state index contributed by atoms with van der Waals surface area (Å²) in [6, 6.07) is 3.92. The van der Waals surface area contributed by atoms with Gasteiger partial charge in [-0.15, -0.1) is 0 Å². The Morgan fingerprint density at radius 3 is 3.07 bits per heavy atom. The van der Waals surface area contributed by atoms with Gasteiger partial charge in [-0.1, -0.05) is 0 Å². The number of nitrogens with one attached hydrogen (secondary N) is 2. The summed E-state index contributed by atoms with van der Waals surface area (Å²) in [5.74, 6) is 0. The largest absolute Gasteiger partial charge is 0.380 e. The van der Waals surface area contributed by atoms with Crippen LogP contribution in [0.15, 0.2) is 23.1 Å². The third kappa shape index (κ3) is 2.59. The molecule has 1 atom stereocenters. The molecule has 1 saturated heterocycles. The van der Waals surface area contributed by atoms with Crippen LogP contribution in [0.5, 0.6) is 0 Å². The summed E-state index contributed by atoms with van der Waals surface area (Å²) in [6.07, 6.45) is 4.25. The van der Waals surface area contributed by atoms with Crippen molar-refractivity contribution in [3.8, 4) is 0 Å². The number of aromatic nitrogens is 1.